The molecule has 0 aliphatic carbocycles. The standard InChI is InChI=1S/C11H11ClF3NO2/c1-2-18-9(17)3-6-8(4-12)16-5-7(10(6)13)11(14)15/h5,11H,2-4H2,1H3. The highest BCUT2D eigenvalue weighted by Crippen LogP contribution is 2.26. The van der Waals surface area contributed by atoms with Gasteiger partial charge in [-0.25, -0.2) is 13.2 Å². The molecule has 0 amide bonds. The van der Waals surface area contributed by atoms with Crippen molar-refractivity contribution in [1.29, 1.82) is 0 Å². The molecule has 7 heteroatoms. The number of rotatable bonds is 5. The van der Waals surface area contributed by atoms with E-state index in [4.69, 9.17) is 11.6 Å². The third-order valence-corrected chi connectivity index (χ3v) is 2.47. The van der Waals surface area contributed by atoms with E-state index in [1.54, 1.807) is 6.92 Å². The van der Waals surface area contributed by atoms with Crippen LogP contribution in [0.4, 0.5) is 13.2 Å². The fraction of sp³-hybridized carbons (Fsp3) is 0.455. The summed E-state index contributed by atoms with van der Waals surface area (Å²) < 4.78 is 43.4. The molecule has 1 rings (SSSR count). The third-order valence-electron chi connectivity index (χ3n) is 2.21. The molecule has 0 bridgehead atoms. The maximum atomic E-state index is 13.8. The number of hydrogen-bond acceptors (Lipinski definition) is 3. The van der Waals surface area contributed by atoms with E-state index in [0.717, 1.165) is 6.20 Å². The SMILES string of the molecule is CCOC(=O)Cc1c(CCl)ncc(C(F)F)c1F. The second-order valence-electron chi connectivity index (χ2n) is 3.37. The van der Waals surface area contributed by atoms with Gasteiger partial charge in [-0.3, -0.25) is 9.78 Å². The number of carbonyl (C=O) groups is 1. The number of ether oxygens (including phenoxy) is 1. The maximum absolute atomic E-state index is 13.8. The van der Waals surface area contributed by atoms with Crippen molar-refractivity contribution in [3.05, 3.63) is 28.8 Å². The molecule has 0 aromatic carbocycles. The molecule has 0 atom stereocenters. The van der Waals surface area contributed by atoms with Gasteiger partial charge in [0.05, 0.1) is 30.2 Å². The Morgan fingerprint density at radius 3 is 2.72 bits per heavy atom. The van der Waals surface area contributed by atoms with Gasteiger partial charge in [-0.1, -0.05) is 0 Å². The summed E-state index contributed by atoms with van der Waals surface area (Å²) >= 11 is 5.53. The molecule has 18 heavy (non-hydrogen) atoms. The summed E-state index contributed by atoms with van der Waals surface area (Å²) in [5.41, 5.74) is -1.02. The van der Waals surface area contributed by atoms with Gasteiger partial charge in [0, 0.05) is 11.8 Å². The predicted molar refractivity (Wildman–Crippen MR) is 59.0 cm³/mol. The number of halogens is 4. The average molecular weight is 282 g/mol. The van der Waals surface area contributed by atoms with Gasteiger partial charge in [0.15, 0.2) is 0 Å². The van der Waals surface area contributed by atoms with Crippen LogP contribution in [-0.2, 0) is 21.8 Å². The van der Waals surface area contributed by atoms with Crippen molar-refractivity contribution < 1.29 is 22.7 Å². The predicted octanol–water partition coefficient (Wildman–Crippen LogP) is 3.00. The van der Waals surface area contributed by atoms with Gasteiger partial charge >= 0.3 is 5.97 Å². The highest BCUT2D eigenvalue weighted by atomic mass is 35.5. The summed E-state index contributed by atoms with van der Waals surface area (Å²) in [5.74, 6) is -2.03. The van der Waals surface area contributed by atoms with Crippen LogP contribution in [0.2, 0.25) is 0 Å². The van der Waals surface area contributed by atoms with E-state index in [0.29, 0.717) is 0 Å². The van der Waals surface area contributed by atoms with Crippen LogP contribution in [0, 0.1) is 5.82 Å². The topological polar surface area (TPSA) is 39.2 Å². The number of aromatic nitrogens is 1. The van der Waals surface area contributed by atoms with Crippen molar-refractivity contribution in [2.24, 2.45) is 0 Å². The van der Waals surface area contributed by atoms with E-state index in [2.05, 4.69) is 9.72 Å². The minimum absolute atomic E-state index is 0.0617. The lowest BCUT2D eigenvalue weighted by Crippen LogP contribution is -2.13. The van der Waals surface area contributed by atoms with Crippen molar-refractivity contribution >= 4 is 17.6 Å². The molecule has 3 nitrogen and oxygen atoms in total. The second-order valence-corrected chi connectivity index (χ2v) is 3.64. The van der Waals surface area contributed by atoms with E-state index in [1.165, 1.54) is 0 Å². The van der Waals surface area contributed by atoms with Gasteiger partial charge in [-0.05, 0) is 6.92 Å². The zero-order chi connectivity index (χ0) is 13.7. The van der Waals surface area contributed by atoms with Gasteiger partial charge in [-0.2, -0.15) is 0 Å². The highest BCUT2D eigenvalue weighted by Gasteiger charge is 2.22. The molecule has 0 radical (unpaired) electrons. The van der Waals surface area contributed by atoms with Crippen LogP contribution in [0.3, 0.4) is 0 Å². The minimum atomic E-state index is -3.00. The van der Waals surface area contributed by atoms with Crippen LogP contribution < -0.4 is 0 Å². The third kappa shape index (κ3) is 3.35. The lowest BCUT2D eigenvalue weighted by Gasteiger charge is -2.10. The summed E-state index contributed by atoms with van der Waals surface area (Å²) in [4.78, 5) is 14.9. The monoisotopic (exact) mass is 281 g/mol. The lowest BCUT2D eigenvalue weighted by atomic mass is 10.1. The number of esters is 1. The van der Waals surface area contributed by atoms with Crippen molar-refractivity contribution in [2.75, 3.05) is 6.61 Å². The number of nitrogens with zero attached hydrogens (tertiary/aromatic N) is 1. The molecule has 100 valence electrons. The van der Waals surface area contributed by atoms with Crippen LogP contribution in [0.15, 0.2) is 6.20 Å². The van der Waals surface area contributed by atoms with E-state index >= 15 is 0 Å². The van der Waals surface area contributed by atoms with Crippen LogP contribution >= 0.6 is 11.6 Å². The Bertz CT molecular complexity index is 441. The van der Waals surface area contributed by atoms with Crippen molar-refractivity contribution in [1.82, 2.24) is 4.98 Å². The molecule has 0 aliphatic heterocycles. The van der Waals surface area contributed by atoms with Gasteiger partial charge < -0.3 is 4.74 Å². The molecular formula is C11H11ClF3NO2. The first-order valence-corrected chi connectivity index (χ1v) is 5.70. The Morgan fingerprint density at radius 2 is 2.22 bits per heavy atom. The molecule has 1 aromatic rings. The molecule has 0 spiro atoms. The Labute approximate surface area is 107 Å². The molecular weight excluding hydrogens is 271 g/mol. The Morgan fingerprint density at radius 1 is 1.56 bits per heavy atom. The van der Waals surface area contributed by atoms with Gasteiger partial charge in [0.2, 0.25) is 0 Å². The number of pyridine rings is 1. The molecule has 0 saturated heterocycles. The summed E-state index contributed by atoms with van der Waals surface area (Å²) in [6.07, 6.45) is -2.73. The highest BCUT2D eigenvalue weighted by molar-refractivity contribution is 6.17. The molecule has 0 aliphatic rings. The Hall–Kier alpha value is -1.30. The summed E-state index contributed by atoms with van der Waals surface area (Å²) in [7, 11) is 0. The molecule has 1 heterocycles. The largest absolute Gasteiger partial charge is 0.466 e. The summed E-state index contributed by atoms with van der Waals surface area (Å²) in [6, 6.07) is 0. The smallest absolute Gasteiger partial charge is 0.310 e. The number of carbonyl (C=O) groups excluding carboxylic acids is 1. The quantitative estimate of drug-likeness (QED) is 0.615. The van der Waals surface area contributed by atoms with Crippen LogP contribution in [0.25, 0.3) is 0 Å². The first-order valence-electron chi connectivity index (χ1n) is 5.17. The lowest BCUT2D eigenvalue weighted by molar-refractivity contribution is -0.142. The maximum Gasteiger partial charge on any atom is 0.310 e. The number of hydrogen-bond donors (Lipinski definition) is 0. The zero-order valence-electron chi connectivity index (χ0n) is 9.55. The summed E-state index contributed by atoms with van der Waals surface area (Å²) in [6.45, 7) is 1.71. The molecule has 0 N–H and O–H groups in total. The van der Waals surface area contributed by atoms with E-state index in [-0.39, 0.29) is 23.7 Å². The molecule has 0 fully saturated rings. The first-order chi connectivity index (χ1) is 8.51. The van der Waals surface area contributed by atoms with E-state index < -0.39 is 30.2 Å². The van der Waals surface area contributed by atoms with Crippen molar-refractivity contribution in [3.8, 4) is 0 Å². The van der Waals surface area contributed by atoms with Crippen molar-refractivity contribution in [3.63, 3.8) is 0 Å². The van der Waals surface area contributed by atoms with Gasteiger partial charge in [0.25, 0.3) is 6.43 Å². The summed E-state index contributed by atoms with van der Waals surface area (Å²) in [5, 5.41) is 0. The Kier molecular flexibility index (Phi) is 5.40. The minimum Gasteiger partial charge on any atom is -0.466 e. The molecule has 0 unspecified atom stereocenters. The van der Waals surface area contributed by atoms with Crippen molar-refractivity contribution in [2.45, 2.75) is 25.7 Å². The van der Waals surface area contributed by atoms with E-state index in [9.17, 15) is 18.0 Å². The molecule has 1 aromatic heterocycles. The Balaban J connectivity index is 3.13. The average Bonchev–Trinajstić information content (AvgIpc) is 2.31. The fourth-order valence-electron chi connectivity index (χ4n) is 1.39. The van der Waals surface area contributed by atoms with Gasteiger partial charge in [0.1, 0.15) is 5.82 Å². The normalized spacial score (nSPS) is 10.8. The second kappa shape index (κ2) is 6.58. The van der Waals surface area contributed by atoms with E-state index in [1.807, 2.05) is 0 Å². The van der Waals surface area contributed by atoms with Crippen LogP contribution in [0.5, 0.6) is 0 Å². The van der Waals surface area contributed by atoms with Gasteiger partial charge in [-0.15, -0.1) is 11.6 Å². The number of alkyl halides is 3. The zero-order valence-corrected chi connectivity index (χ0v) is 10.3. The van der Waals surface area contributed by atoms with Crippen LogP contribution in [0.1, 0.15) is 30.2 Å². The molecule has 0 saturated carbocycles. The van der Waals surface area contributed by atoms with Crippen LogP contribution in [-0.4, -0.2) is 17.6 Å². The first kappa shape index (κ1) is 14.8. The fourth-order valence-corrected chi connectivity index (χ4v) is 1.62.